The molecule has 2 rings (SSSR count). The first-order chi connectivity index (χ1) is 12.7. The van der Waals surface area contributed by atoms with Crippen LogP contribution in [0.4, 0.5) is 10.8 Å². The molecule has 0 aliphatic carbocycles. The van der Waals surface area contributed by atoms with Gasteiger partial charge in [-0.1, -0.05) is 11.6 Å². The molecule has 1 unspecified atom stereocenters. The summed E-state index contributed by atoms with van der Waals surface area (Å²) in [4.78, 5) is 31.7. The number of rotatable bonds is 7. The van der Waals surface area contributed by atoms with Crippen LogP contribution >= 0.6 is 22.9 Å². The second kappa shape index (κ2) is 9.16. The van der Waals surface area contributed by atoms with E-state index in [4.69, 9.17) is 16.3 Å². The normalized spacial score (nSPS) is 12.0. The van der Waals surface area contributed by atoms with E-state index in [1.807, 2.05) is 13.8 Å². The Morgan fingerprint density at radius 1 is 1.33 bits per heavy atom. The van der Waals surface area contributed by atoms with Crippen LogP contribution in [0.5, 0.6) is 5.75 Å². The fourth-order valence-corrected chi connectivity index (χ4v) is 3.26. The van der Waals surface area contributed by atoms with Gasteiger partial charge in [0, 0.05) is 9.90 Å². The summed E-state index contributed by atoms with van der Waals surface area (Å²) in [5.74, 6) is 0.00810. The number of carbonyl (C=O) groups is 2. The summed E-state index contributed by atoms with van der Waals surface area (Å²) in [6, 6.07) is 4.45. The van der Waals surface area contributed by atoms with Crippen LogP contribution in [0.2, 0.25) is 5.02 Å². The maximum absolute atomic E-state index is 12.4. The number of hydrogen-bond acceptors (Lipinski definition) is 6. The molecule has 0 bridgehead atoms. The van der Waals surface area contributed by atoms with Crippen molar-refractivity contribution >= 4 is 45.6 Å². The summed E-state index contributed by atoms with van der Waals surface area (Å²) < 4.78 is 5.21. The van der Waals surface area contributed by atoms with E-state index in [0.717, 1.165) is 10.6 Å². The summed E-state index contributed by atoms with van der Waals surface area (Å²) in [5.41, 5.74) is 1.38. The molecule has 1 atom stereocenters. The zero-order valence-corrected chi connectivity index (χ0v) is 17.5. The maximum Gasteiger partial charge on any atom is 0.243 e. The van der Waals surface area contributed by atoms with Gasteiger partial charge in [-0.2, -0.15) is 0 Å². The van der Waals surface area contributed by atoms with Crippen molar-refractivity contribution in [1.29, 1.82) is 0 Å². The first-order valence-electron chi connectivity index (χ1n) is 8.29. The monoisotopic (exact) mass is 410 g/mol. The van der Waals surface area contributed by atoms with Crippen LogP contribution in [-0.4, -0.2) is 48.4 Å². The zero-order chi connectivity index (χ0) is 20.1. The van der Waals surface area contributed by atoms with Crippen molar-refractivity contribution in [3.63, 3.8) is 0 Å². The standard InChI is InChI=1S/C18H23ClN4O3S/c1-10-12(3)27-18(20-10)22-17(25)11(2)23(4)9-16(24)21-14-8-13(19)6-7-15(14)26-5/h6-8,11H,9H2,1-5H3,(H,21,24)(H,20,22,25). The number of ether oxygens (including phenoxy) is 1. The molecule has 9 heteroatoms. The summed E-state index contributed by atoms with van der Waals surface area (Å²) in [7, 11) is 3.22. The van der Waals surface area contributed by atoms with Gasteiger partial charge in [0.05, 0.1) is 31.1 Å². The number of methoxy groups -OCH3 is 1. The van der Waals surface area contributed by atoms with Gasteiger partial charge in [0.1, 0.15) is 5.75 Å². The van der Waals surface area contributed by atoms with E-state index in [0.29, 0.717) is 21.6 Å². The molecule has 27 heavy (non-hydrogen) atoms. The van der Waals surface area contributed by atoms with Crippen LogP contribution in [0.3, 0.4) is 0 Å². The number of benzene rings is 1. The smallest absolute Gasteiger partial charge is 0.243 e. The minimum absolute atomic E-state index is 0.0280. The second-order valence-electron chi connectivity index (χ2n) is 6.13. The van der Waals surface area contributed by atoms with Crippen molar-refractivity contribution in [2.75, 3.05) is 31.3 Å². The van der Waals surface area contributed by atoms with Gasteiger partial charge in [0.15, 0.2) is 5.13 Å². The van der Waals surface area contributed by atoms with Gasteiger partial charge in [-0.15, -0.1) is 11.3 Å². The molecule has 0 fully saturated rings. The molecule has 7 nitrogen and oxygen atoms in total. The third-order valence-corrected chi connectivity index (χ3v) is 5.35. The minimum atomic E-state index is -0.512. The van der Waals surface area contributed by atoms with Gasteiger partial charge in [-0.25, -0.2) is 4.98 Å². The molecule has 146 valence electrons. The van der Waals surface area contributed by atoms with E-state index in [9.17, 15) is 9.59 Å². The van der Waals surface area contributed by atoms with E-state index in [-0.39, 0.29) is 18.4 Å². The Kier molecular flexibility index (Phi) is 7.18. The Labute approximate surface area is 167 Å². The number of aryl methyl sites for hydroxylation is 2. The number of thiazole rings is 1. The summed E-state index contributed by atoms with van der Waals surface area (Å²) in [6.07, 6.45) is 0. The largest absolute Gasteiger partial charge is 0.495 e. The Bertz CT molecular complexity index is 821. The Balaban J connectivity index is 1.94. The highest BCUT2D eigenvalue weighted by molar-refractivity contribution is 7.15. The molecular formula is C18H23ClN4O3S. The van der Waals surface area contributed by atoms with Crippen molar-refractivity contribution in [2.45, 2.75) is 26.8 Å². The maximum atomic E-state index is 12.4. The molecule has 2 N–H and O–H groups in total. The number of aromatic nitrogens is 1. The van der Waals surface area contributed by atoms with Crippen molar-refractivity contribution in [3.05, 3.63) is 33.8 Å². The Morgan fingerprint density at radius 3 is 2.63 bits per heavy atom. The molecule has 1 aromatic heterocycles. The van der Waals surface area contributed by atoms with E-state index in [1.54, 1.807) is 37.1 Å². The number of amides is 2. The molecule has 2 aromatic rings. The third kappa shape index (κ3) is 5.66. The average Bonchev–Trinajstić information content (AvgIpc) is 2.91. The molecular weight excluding hydrogens is 388 g/mol. The number of carbonyl (C=O) groups excluding carboxylic acids is 2. The minimum Gasteiger partial charge on any atom is -0.495 e. The lowest BCUT2D eigenvalue weighted by Crippen LogP contribution is -2.43. The van der Waals surface area contributed by atoms with Gasteiger partial charge in [0.2, 0.25) is 11.8 Å². The Morgan fingerprint density at radius 2 is 2.04 bits per heavy atom. The van der Waals surface area contributed by atoms with Crippen LogP contribution in [0.25, 0.3) is 0 Å². The van der Waals surface area contributed by atoms with Crippen LogP contribution in [0.1, 0.15) is 17.5 Å². The van der Waals surface area contributed by atoms with E-state index in [1.165, 1.54) is 18.4 Å². The summed E-state index contributed by atoms with van der Waals surface area (Å²) in [6.45, 7) is 5.61. The molecule has 1 aromatic carbocycles. The quantitative estimate of drug-likeness (QED) is 0.731. The SMILES string of the molecule is COc1ccc(Cl)cc1NC(=O)CN(C)C(C)C(=O)Nc1nc(C)c(C)s1. The number of nitrogens with zero attached hydrogens (tertiary/aromatic N) is 2. The lowest BCUT2D eigenvalue weighted by Gasteiger charge is -2.23. The number of halogens is 1. The molecule has 1 heterocycles. The molecule has 0 saturated carbocycles. The van der Waals surface area contributed by atoms with E-state index < -0.39 is 6.04 Å². The van der Waals surface area contributed by atoms with Crippen molar-refractivity contribution in [1.82, 2.24) is 9.88 Å². The van der Waals surface area contributed by atoms with Gasteiger partial charge in [-0.05, 0) is 46.0 Å². The first-order valence-corrected chi connectivity index (χ1v) is 9.49. The van der Waals surface area contributed by atoms with Crippen molar-refractivity contribution in [3.8, 4) is 5.75 Å². The van der Waals surface area contributed by atoms with Gasteiger partial charge in [-0.3, -0.25) is 14.5 Å². The third-order valence-electron chi connectivity index (χ3n) is 4.13. The highest BCUT2D eigenvalue weighted by Crippen LogP contribution is 2.27. The molecule has 0 radical (unpaired) electrons. The van der Waals surface area contributed by atoms with E-state index in [2.05, 4.69) is 15.6 Å². The van der Waals surface area contributed by atoms with Gasteiger partial charge >= 0.3 is 0 Å². The second-order valence-corrected chi connectivity index (χ2v) is 7.77. The number of nitrogens with one attached hydrogen (secondary N) is 2. The number of likely N-dealkylation sites (N-methyl/N-ethyl adjacent to an activating group) is 1. The fraction of sp³-hybridized carbons (Fsp3) is 0.389. The predicted molar refractivity (Wildman–Crippen MR) is 109 cm³/mol. The van der Waals surface area contributed by atoms with E-state index >= 15 is 0 Å². The number of anilines is 2. The van der Waals surface area contributed by atoms with Crippen molar-refractivity contribution < 1.29 is 14.3 Å². The highest BCUT2D eigenvalue weighted by atomic mass is 35.5. The number of hydrogen-bond donors (Lipinski definition) is 2. The van der Waals surface area contributed by atoms with Crippen LogP contribution < -0.4 is 15.4 Å². The first kappa shape index (κ1) is 21.1. The molecule has 0 aliphatic rings. The summed E-state index contributed by atoms with van der Waals surface area (Å²) >= 11 is 7.40. The van der Waals surface area contributed by atoms with Gasteiger partial charge < -0.3 is 15.4 Å². The fourth-order valence-electron chi connectivity index (χ4n) is 2.27. The lowest BCUT2D eigenvalue weighted by molar-refractivity contribution is -0.122. The van der Waals surface area contributed by atoms with Crippen LogP contribution in [0, 0.1) is 13.8 Å². The lowest BCUT2D eigenvalue weighted by atomic mass is 10.2. The molecule has 2 amide bonds. The van der Waals surface area contributed by atoms with Crippen LogP contribution in [-0.2, 0) is 9.59 Å². The summed E-state index contributed by atoms with van der Waals surface area (Å²) in [5, 5.41) is 6.59. The molecule has 0 spiro atoms. The zero-order valence-electron chi connectivity index (χ0n) is 15.9. The molecule has 0 aliphatic heterocycles. The Hall–Kier alpha value is -2.16. The van der Waals surface area contributed by atoms with Crippen LogP contribution in [0.15, 0.2) is 18.2 Å². The molecule has 0 saturated heterocycles. The van der Waals surface area contributed by atoms with Crippen molar-refractivity contribution in [2.24, 2.45) is 0 Å². The topological polar surface area (TPSA) is 83.6 Å². The predicted octanol–water partition coefficient (Wildman–Crippen LogP) is 3.32. The van der Waals surface area contributed by atoms with Gasteiger partial charge in [0.25, 0.3) is 0 Å². The highest BCUT2D eigenvalue weighted by Gasteiger charge is 2.22. The average molecular weight is 411 g/mol.